The Balaban J connectivity index is 1.69. The number of aromatic nitrogens is 2. The van der Waals surface area contributed by atoms with Gasteiger partial charge in [-0.25, -0.2) is 4.98 Å². The van der Waals surface area contributed by atoms with Gasteiger partial charge in [0, 0.05) is 19.3 Å². The van der Waals surface area contributed by atoms with Gasteiger partial charge in [0.2, 0.25) is 0 Å². The highest BCUT2D eigenvalue weighted by atomic mass is 16.5. The number of rotatable bonds is 5. The van der Waals surface area contributed by atoms with Crippen LogP contribution in [0.4, 0.5) is 0 Å². The van der Waals surface area contributed by atoms with Crippen LogP contribution in [0, 0.1) is 12.8 Å². The molecule has 120 valence electrons. The van der Waals surface area contributed by atoms with Crippen LogP contribution in [-0.2, 0) is 4.74 Å². The zero-order valence-corrected chi connectivity index (χ0v) is 13.5. The van der Waals surface area contributed by atoms with Gasteiger partial charge >= 0.3 is 0 Å². The number of morpholine rings is 1. The molecular formula is C17H25N3O2. The fourth-order valence-electron chi connectivity index (χ4n) is 3.02. The number of nitrogens with zero attached hydrogens (tertiary/aromatic N) is 3. The normalized spacial score (nSPS) is 25.3. The Kier molecular flexibility index (Phi) is 4.71. The second kappa shape index (κ2) is 6.73. The SMILES string of the molecule is CCCC[C@@H]1CN(C(=O)c2cnc(C)cn2)C[C@H](C2CC2)O1. The van der Waals surface area contributed by atoms with Gasteiger partial charge < -0.3 is 9.64 Å². The van der Waals surface area contributed by atoms with Crippen LogP contribution in [0.2, 0.25) is 0 Å². The van der Waals surface area contributed by atoms with Crippen LogP contribution in [0.1, 0.15) is 55.2 Å². The lowest BCUT2D eigenvalue weighted by Crippen LogP contribution is -2.51. The quantitative estimate of drug-likeness (QED) is 0.839. The minimum Gasteiger partial charge on any atom is -0.371 e. The third kappa shape index (κ3) is 3.64. The standard InChI is InChI=1S/C17H25N3O2/c1-3-4-5-14-10-20(11-16(22-14)13-6-7-13)17(21)15-9-18-12(2)8-19-15/h8-9,13-14,16H,3-7,10-11H2,1-2H3/t14-,16-/m1/s1. The Labute approximate surface area is 132 Å². The average Bonchev–Trinajstić information content (AvgIpc) is 3.37. The van der Waals surface area contributed by atoms with Crippen LogP contribution in [0.3, 0.4) is 0 Å². The highest BCUT2D eigenvalue weighted by Crippen LogP contribution is 2.37. The van der Waals surface area contributed by atoms with Gasteiger partial charge in [-0.3, -0.25) is 9.78 Å². The first-order chi connectivity index (χ1) is 10.7. The van der Waals surface area contributed by atoms with Crippen LogP contribution >= 0.6 is 0 Å². The van der Waals surface area contributed by atoms with E-state index in [0.717, 1.165) is 25.0 Å². The molecule has 5 heteroatoms. The first-order valence-corrected chi connectivity index (χ1v) is 8.40. The van der Waals surface area contributed by atoms with Crippen molar-refractivity contribution in [3.8, 4) is 0 Å². The molecule has 1 aromatic rings. The minimum atomic E-state index is -0.0112. The lowest BCUT2D eigenvalue weighted by molar-refractivity contribution is -0.0875. The number of ether oxygens (including phenoxy) is 1. The van der Waals surface area contributed by atoms with Gasteiger partial charge in [-0.1, -0.05) is 19.8 Å². The van der Waals surface area contributed by atoms with Gasteiger partial charge in [-0.2, -0.15) is 0 Å². The minimum absolute atomic E-state index is 0.0112. The Hall–Kier alpha value is -1.49. The molecule has 0 bridgehead atoms. The van der Waals surface area contributed by atoms with Crippen molar-refractivity contribution in [3.63, 3.8) is 0 Å². The molecule has 1 saturated carbocycles. The molecule has 1 aliphatic heterocycles. The van der Waals surface area contributed by atoms with E-state index in [2.05, 4.69) is 16.9 Å². The summed E-state index contributed by atoms with van der Waals surface area (Å²) in [4.78, 5) is 23.0. The number of aryl methyl sites for hydroxylation is 1. The van der Waals surface area contributed by atoms with E-state index in [0.29, 0.717) is 24.7 Å². The molecule has 1 aromatic heterocycles. The van der Waals surface area contributed by atoms with Crippen LogP contribution in [0.25, 0.3) is 0 Å². The molecule has 0 spiro atoms. The molecule has 2 aliphatic rings. The summed E-state index contributed by atoms with van der Waals surface area (Å²) in [6, 6.07) is 0. The predicted molar refractivity (Wildman–Crippen MR) is 83.6 cm³/mol. The summed E-state index contributed by atoms with van der Waals surface area (Å²) in [5.74, 6) is 0.631. The molecule has 5 nitrogen and oxygen atoms in total. The largest absolute Gasteiger partial charge is 0.371 e. The van der Waals surface area contributed by atoms with Crippen molar-refractivity contribution in [3.05, 3.63) is 23.8 Å². The lowest BCUT2D eigenvalue weighted by Gasteiger charge is -2.38. The summed E-state index contributed by atoms with van der Waals surface area (Å²) in [5, 5.41) is 0. The van der Waals surface area contributed by atoms with Crippen molar-refractivity contribution in [1.82, 2.24) is 14.9 Å². The Morgan fingerprint density at radius 3 is 2.77 bits per heavy atom. The summed E-state index contributed by atoms with van der Waals surface area (Å²) in [6.45, 7) is 5.44. The van der Waals surface area contributed by atoms with Crippen molar-refractivity contribution >= 4 is 5.91 Å². The molecule has 0 aromatic carbocycles. The number of hydrogen-bond acceptors (Lipinski definition) is 4. The average molecular weight is 303 g/mol. The molecule has 1 amide bonds. The molecule has 0 unspecified atom stereocenters. The highest BCUT2D eigenvalue weighted by Gasteiger charge is 2.39. The number of hydrogen-bond donors (Lipinski definition) is 0. The van der Waals surface area contributed by atoms with Crippen molar-refractivity contribution < 1.29 is 9.53 Å². The molecule has 3 rings (SSSR count). The van der Waals surface area contributed by atoms with Gasteiger partial charge in [-0.05, 0) is 32.1 Å². The van der Waals surface area contributed by atoms with E-state index < -0.39 is 0 Å². The second-order valence-corrected chi connectivity index (χ2v) is 6.53. The zero-order valence-electron chi connectivity index (χ0n) is 13.5. The molecular weight excluding hydrogens is 278 g/mol. The topological polar surface area (TPSA) is 55.3 Å². The van der Waals surface area contributed by atoms with E-state index in [-0.39, 0.29) is 18.1 Å². The predicted octanol–water partition coefficient (Wildman–Crippen LogP) is 2.59. The molecule has 1 aliphatic carbocycles. The van der Waals surface area contributed by atoms with E-state index >= 15 is 0 Å². The van der Waals surface area contributed by atoms with E-state index in [4.69, 9.17) is 4.74 Å². The molecule has 22 heavy (non-hydrogen) atoms. The Bertz CT molecular complexity index is 513. The molecule has 2 atom stereocenters. The summed E-state index contributed by atoms with van der Waals surface area (Å²) in [7, 11) is 0. The van der Waals surface area contributed by atoms with Gasteiger partial charge in [-0.15, -0.1) is 0 Å². The van der Waals surface area contributed by atoms with Gasteiger partial charge in [0.05, 0.1) is 24.1 Å². The third-order valence-corrected chi connectivity index (χ3v) is 4.51. The van der Waals surface area contributed by atoms with Crippen LogP contribution in [0.5, 0.6) is 0 Å². The fourth-order valence-corrected chi connectivity index (χ4v) is 3.02. The van der Waals surface area contributed by atoms with Gasteiger partial charge in [0.15, 0.2) is 0 Å². The van der Waals surface area contributed by atoms with E-state index in [1.165, 1.54) is 12.8 Å². The lowest BCUT2D eigenvalue weighted by atomic mass is 10.1. The molecule has 2 heterocycles. The number of unbranched alkanes of at least 4 members (excludes halogenated alkanes) is 1. The highest BCUT2D eigenvalue weighted by molar-refractivity contribution is 5.92. The first kappa shape index (κ1) is 15.4. The Morgan fingerprint density at radius 2 is 2.14 bits per heavy atom. The first-order valence-electron chi connectivity index (χ1n) is 8.40. The monoisotopic (exact) mass is 303 g/mol. The van der Waals surface area contributed by atoms with Crippen LogP contribution in [-0.4, -0.2) is 46.1 Å². The fraction of sp³-hybridized carbons (Fsp3) is 0.706. The summed E-state index contributed by atoms with van der Waals surface area (Å²) >= 11 is 0. The van der Waals surface area contributed by atoms with E-state index in [1.807, 2.05) is 11.8 Å². The summed E-state index contributed by atoms with van der Waals surface area (Å²) in [5.41, 5.74) is 1.27. The van der Waals surface area contributed by atoms with Gasteiger partial charge in [0.25, 0.3) is 5.91 Å². The van der Waals surface area contributed by atoms with E-state index in [9.17, 15) is 4.79 Å². The van der Waals surface area contributed by atoms with Crippen molar-refractivity contribution in [2.45, 2.75) is 58.2 Å². The smallest absolute Gasteiger partial charge is 0.274 e. The van der Waals surface area contributed by atoms with Crippen LogP contribution in [0.15, 0.2) is 12.4 Å². The number of carbonyl (C=O) groups excluding carboxylic acids is 1. The summed E-state index contributed by atoms with van der Waals surface area (Å²) in [6.07, 6.45) is 9.42. The number of carbonyl (C=O) groups is 1. The van der Waals surface area contributed by atoms with Crippen molar-refractivity contribution in [1.29, 1.82) is 0 Å². The molecule has 0 radical (unpaired) electrons. The molecule has 1 saturated heterocycles. The second-order valence-electron chi connectivity index (χ2n) is 6.53. The van der Waals surface area contributed by atoms with Crippen molar-refractivity contribution in [2.75, 3.05) is 13.1 Å². The number of amides is 1. The summed E-state index contributed by atoms with van der Waals surface area (Å²) < 4.78 is 6.22. The molecule has 0 N–H and O–H groups in total. The van der Waals surface area contributed by atoms with Crippen molar-refractivity contribution in [2.24, 2.45) is 5.92 Å². The molecule has 2 fully saturated rings. The maximum Gasteiger partial charge on any atom is 0.274 e. The zero-order chi connectivity index (χ0) is 15.5. The third-order valence-electron chi connectivity index (χ3n) is 4.51. The van der Waals surface area contributed by atoms with Crippen LogP contribution < -0.4 is 0 Å². The Morgan fingerprint density at radius 1 is 1.32 bits per heavy atom. The maximum atomic E-state index is 12.7. The van der Waals surface area contributed by atoms with E-state index in [1.54, 1.807) is 12.4 Å². The van der Waals surface area contributed by atoms with Gasteiger partial charge in [0.1, 0.15) is 5.69 Å². The maximum absolute atomic E-state index is 12.7.